The molecule has 2 heterocycles. The van der Waals surface area contributed by atoms with E-state index in [-0.39, 0.29) is 22.8 Å². The Kier molecular flexibility index (Phi) is 5.38. The molecule has 0 saturated heterocycles. The summed E-state index contributed by atoms with van der Waals surface area (Å²) in [7, 11) is 0. The van der Waals surface area contributed by atoms with Gasteiger partial charge >= 0.3 is 0 Å². The summed E-state index contributed by atoms with van der Waals surface area (Å²) in [6.07, 6.45) is 0. The summed E-state index contributed by atoms with van der Waals surface area (Å²) in [6, 6.07) is 25.1. The van der Waals surface area contributed by atoms with Crippen LogP contribution in [0, 0.1) is 21.4 Å². The number of hydrogen-bond acceptors (Lipinski definition) is 7. The third kappa shape index (κ3) is 3.92. The molecule has 0 aliphatic rings. The number of benzene rings is 3. The molecule has 8 heteroatoms. The molecule has 0 radical (unpaired) electrons. The monoisotopic (exact) mass is 465 g/mol. The average Bonchev–Trinajstić information content (AvgIpc) is 3.55. The van der Waals surface area contributed by atoms with Gasteiger partial charge in [0.15, 0.2) is 11.5 Å². The van der Waals surface area contributed by atoms with Gasteiger partial charge in [-0.3, -0.25) is 10.1 Å². The number of fused-ring (bicyclic) bond motifs is 1. The Hall–Kier alpha value is -4.74. The van der Waals surface area contributed by atoms with Crippen LogP contribution in [0.3, 0.4) is 0 Å². The second-order valence-corrected chi connectivity index (χ2v) is 8.26. The van der Waals surface area contributed by atoms with Gasteiger partial charge in [0.25, 0.3) is 5.69 Å². The van der Waals surface area contributed by atoms with Crippen LogP contribution in [0.4, 0.5) is 5.69 Å². The molecule has 0 fully saturated rings. The second-order valence-electron chi connectivity index (χ2n) is 7.41. The molecular formula is C26H15N3O4S. The van der Waals surface area contributed by atoms with Crippen LogP contribution < -0.4 is 0 Å². The van der Waals surface area contributed by atoms with E-state index < -0.39 is 4.92 Å². The van der Waals surface area contributed by atoms with E-state index in [0.717, 1.165) is 16.3 Å². The molecule has 3 aromatic carbocycles. The lowest BCUT2D eigenvalue weighted by Gasteiger charge is -2.01. The first kappa shape index (κ1) is 21.1. The zero-order chi connectivity index (χ0) is 23.7. The van der Waals surface area contributed by atoms with Crippen molar-refractivity contribution in [2.45, 2.75) is 0 Å². The van der Waals surface area contributed by atoms with Crippen LogP contribution in [0.2, 0.25) is 0 Å². The molecule has 1 N–H and O–H groups in total. The Morgan fingerprint density at radius 1 is 1.00 bits per heavy atom. The molecule has 0 amide bonds. The van der Waals surface area contributed by atoms with E-state index in [4.69, 9.17) is 4.42 Å². The zero-order valence-corrected chi connectivity index (χ0v) is 18.3. The Morgan fingerprint density at radius 2 is 1.82 bits per heavy atom. The van der Waals surface area contributed by atoms with E-state index in [1.54, 1.807) is 18.2 Å². The van der Waals surface area contributed by atoms with Gasteiger partial charge in [-0.1, -0.05) is 48.5 Å². The van der Waals surface area contributed by atoms with Crippen molar-refractivity contribution >= 4 is 39.1 Å². The van der Waals surface area contributed by atoms with E-state index in [1.165, 1.54) is 29.5 Å². The van der Waals surface area contributed by atoms with Crippen LogP contribution in [0.1, 0.15) is 10.8 Å². The second kappa shape index (κ2) is 8.65. The topological polar surface area (TPSA) is 113 Å². The predicted molar refractivity (Wildman–Crippen MR) is 131 cm³/mol. The molecular weight excluding hydrogens is 450 g/mol. The molecule has 164 valence electrons. The van der Waals surface area contributed by atoms with Crippen molar-refractivity contribution in [1.82, 2.24) is 4.98 Å². The van der Waals surface area contributed by atoms with Gasteiger partial charge in [-0.2, -0.15) is 5.26 Å². The first-order valence-corrected chi connectivity index (χ1v) is 11.0. The van der Waals surface area contributed by atoms with Gasteiger partial charge < -0.3 is 9.52 Å². The number of nitro benzene ring substituents is 1. The average molecular weight is 465 g/mol. The maximum atomic E-state index is 11.0. The highest BCUT2D eigenvalue weighted by atomic mass is 32.1. The minimum Gasteiger partial charge on any atom is -0.503 e. The lowest BCUT2D eigenvalue weighted by molar-refractivity contribution is -0.384. The number of hydrogen-bond donors (Lipinski definition) is 1. The number of furan rings is 1. The number of thiazole rings is 1. The van der Waals surface area contributed by atoms with Crippen LogP contribution in [-0.4, -0.2) is 15.0 Å². The van der Waals surface area contributed by atoms with Crippen molar-refractivity contribution in [3.05, 3.63) is 105 Å². The fraction of sp³-hybridized carbons (Fsp3) is 0. The van der Waals surface area contributed by atoms with Crippen molar-refractivity contribution in [3.8, 4) is 28.7 Å². The number of nitro groups is 1. The quantitative estimate of drug-likeness (QED) is 0.128. The van der Waals surface area contributed by atoms with Gasteiger partial charge in [-0.15, -0.1) is 11.3 Å². The number of nitriles is 1. The highest BCUT2D eigenvalue weighted by Crippen LogP contribution is 2.33. The summed E-state index contributed by atoms with van der Waals surface area (Å²) in [6.45, 7) is 0. The maximum absolute atomic E-state index is 11.0. The minimum atomic E-state index is -0.492. The van der Waals surface area contributed by atoms with Crippen LogP contribution in [0.5, 0.6) is 0 Å². The van der Waals surface area contributed by atoms with Crippen LogP contribution in [0.25, 0.3) is 44.7 Å². The van der Waals surface area contributed by atoms with Crippen molar-refractivity contribution in [2.75, 3.05) is 0 Å². The molecule has 2 aromatic heterocycles. The van der Waals surface area contributed by atoms with Gasteiger partial charge in [0.05, 0.1) is 10.6 Å². The van der Waals surface area contributed by atoms with Crippen LogP contribution in [-0.2, 0) is 0 Å². The molecule has 34 heavy (non-hydrogen) atoms. The summed E-state index contributed by atoms with van der Waals surface area (Å²) in [5.41, 5.74) is 2.00. The standard InChI is InChI=1S/C26H15N3O4S/c27-14-21(25(30)24-11-10-23(33-24)19-6-3-7-20(13-19)29(31)32)26-28-22(15-34-26)18-9-8-16-4-1-2-5-17(16)12-18/h1-13,15,30H. The molecule has 5 rings (SSSR count). The van der Waals surface area contributed by atoms with Crippen molar-refractivity contribution < 1.29 is 14.4 Å². The lowest BCUT2D eigenvalue weighted by Crippen LogP contribution is -1.89. The third-order valence-corrected chi connectivity index (χ3v) is 6.15. The van der Waals surface area contributed by atoms with E-state index in [9.17, 15) is 20.5 Å². The van der Waals surface area contributed by atoms with Crippen molar-refractivity contribution in [2.24, 2.45) is 0 Å². The van der Waals surface area contributed by atoms with E-state index in [1.807, 2.05) is 53.9 Å². The van der Waals surface area contributed by atoms with Gasteiger partial charge in [0.2, 0.25) is 0 Å². The number of aliphatic hydroxyl groups excluding tert-OH is 1. The number of aliphatic hydroxyl groups is 1. The molecule has 0 unspecified atom stereocenters. The smallest absolute Gasteiger partial charge is 0.270 e. The van der Waals surface area contributed by atoms with E-state index in [0.29, 0.717) is 22.0 Å². The maximum Gasteiger partial charge on any atom is 0.270 e. The minimum absolute atomic E-state index is 0.0167. The zero-order valence-electron chi connectivity index (χ0n) is 17.5. The molecule has 0 aliphatic heterocycles. The van der Waals surface area contributed by atoms with Crippen molar-refractivity contribution in [1.29, 1.82) is 5.26 Å². The molecule has 0 aliphatic carbocycles. The number of allylic oxidation sites excluding steroid dienone is 1. The van der Waals surface area contributed by atoms with E-state index >= 15 is 0 Å². The Balaban J connectivity index is 1.48. The Bertz CT molecular complexity index is 1620. The predicted octanol–water partition coefficient (Wildman–Crippen LogP) is 7.08. The van der Waals surface area contributed by atoms with Crippen molar-refractivity contribution in [3.63, 3.8) is 0 Å². The van der Waals surface area contributed by atoms with Gasteiger partial charge in [-0.25, -0.2) is 4.98 Å². The molecule has 5 aromatic rings. The molecule has 7 nitrogen and oxygen atoms in total. The molecule has 0 bridgehead atoms. The Labute approximate surface area is 197 Å². The summed E-state index contributed by atoms with van der Waals surface area (Å²) in [4.78, 5) is 15.1. The molecule has 0 saturated carbocycles. The van der Waals surface area contributed by atoms with Gasteiger partial charge in [-0.05, 0) is 29.0 Å². The van der Waals surface area contributed by atoms with Crippen LogP contribution in [0.15, 0.2) is 88.7 Å². The number of nitrogens with zero attached hydrogens (tertiary/aromatic N) is 3. The summed E-state index contributed by atoms with van der Waals surface area (Å²) in [5.74, 6) is 0.0534. The van der Waals surface area contributed by atoms with Gasteiger partial charge in [0.1, 0.15) is 22.4 Å². The highest BCUT2D eigenvalue weighted by molar-refractivity contribution is 7.11. The summed E-state index contributed by atoms with van der Waals surface area (Å²) >= 11 is 1.25. The number of aromatic nitrogens is 1. The van der Waals surface area contributed by atoms with Gasteiger partial charge in [0, 0.05) is 28.6 Å². The number of non-ortho nitro benzene ring substituents is 1. The van der Waals surface area contributed by atoms with Crippen LogP contribution >= 0.6 is 11.3 Å². The third-order valence-electron chi connectivity index (χ3n) is 5.29. The fourth-order valence-electron chi connectivity index (χ4n) is 3.59. The SMILES string of the molecule is N#CC(=C(O)c1ccc(-c2cccc([N+](=O)[O-])c2)o1)c1nc(-c2ccc3ccccc3c2)cs1. The summed E-state index contributed by atoms with van der Waals surface area (Å²) < 4.78 is 5.71. The highest BCUT2D eigenvalue weighted by Gasteiger charge is 2.19. The largest absolute Gasteiger partial charge is 0.503 e. The molecule has 0 spiro atoms. The van der Waals surface area contributed by atoms with E-state index in [2.05, 4.69) is 4.98 Å². The summed E-state index contributed by atoms with van der Waals surface area (Å²) in [5, 5.41) is 35.9. The first-order chi connectivity index (χ1) is 16.5. The fourth-order valence-corrected chi connectivity index (χ4v) is 4.41. The number of rotatable bonds is 5. The normalized spacial score (nSPS) is 11.7. The lowest BCUT2D eigenvalue weighted by atomic mass is 10.1. The Morgan fingerprint density at radius 3 is 2.62 bits per heavy atom. The molecule has 0 atom stereocenters. The first-order valence-electron chi connectivity index (χ1n) is 10.2.